The summed E-state index contributed by atoms with van der Waals surface area (Å²) in [4.78, 5) is 17.7. The Bertz CT molecular complexity index is 1170. The van der Waals surface area contributed by atoms with Crippen molar-refractivity contribution in [2.75, 3.05) is 0 Å². The number of aromatic nitrogens is 1. The molecule has 0 amide bonds. The summed E-state index contributed by atoms with van der Waals surface area (Å²) < 4.78 is 0. The van der Waals surface area contributed by atoms with E-state index >= 15 is 0 Å². The fourth-order valence-corrected chi connectivity index (χ4v) is 3.57. The lowest BCUT2D eigenvalue weighted by Crippen LogP contribution is -2.08. The third-order valence-corrected chi connectivity index (χ3v) is 4.95. The minimum absolute atomic E-state index is 0.161. The highest BCUT2D eigenvalue weighted by atomic mass is 32.1. The molecule has 1 aliphatic carbocycles. The molecule has 6 heteroatoms. The van der Waals surface area contributed by atoms with E-state index in [-0.39, 0.29) is 5.78 Å². The molecule has 1 heterocycles. The maximum absolute atomic E-state index is 12.6. The van der Waals surface area contributed by atoms with E-state index < -0.39 is 0 Å². The van der Waals surface area contributed by atoms with Crippen LogP contribution in [-0.4, -0.2) is 16.5 Å². The summed E-state index contributed by atoms with van der Waals surface area (Å²) in [5.74, 6) is -0.161. The predicted molar refractivity (Wildman–Crippen MR) is 99.9 cm³/mol. The Morgan fingerprint density at radius 3 is 2.50 bits per heavy atom. The van der Waals surface area contributed by atoms with Crippen molar-refractivity contribution in [2.45, 2.75) is 6.92 Å². The molecule has 1 aliphatic rings. The summed E-state index contributed by atoms with van der Waals surface area (Å²) in [6.45, 7) is 1.86. The molecule has 4 rings (SSSR count). The number of ketones is 1. The van der Waals surface area contributed by atoms with Gasteiger partial charge in [0.2, 0.25) is 4.80 Å². The quantitative estimate of drug-likeness (QED) is 0.407. The maximum atomic E-state index is 12.6. The number of hydrogen-bond donors (Lipinski definition) is 0. The van der Waals surface area contributed by atoms with Gasteiger partial charge in [-0.3, -0.25) is 4.79 Å². The van der Waals surface area contributed by atoms with Crippen LogP contribution in [0.3, 0.4) is 0 Å². The third-order valence-electron chi connectivity index (χ3n) is 4.10. The van der Waals surface area contributed by atoms with Crippen LogP contribution in [0.4, 0.5) is 0 Å². The second-order valence-corrected chi connectivity index (χ2v) is 6.66. The predicted octanol–water partition coefficient (Wildman–Crippen LogP) is 3.55. The van der Waals surface area contributed by atoms with Crippen molar-refractivity contribution in [3.8, 4) is 17.3 Å². The molecule has 0 atom stereocenters. The first kappa shape index (κ1) is 16.1. The van der Waals surface area contributed by atoms with E-state index in [9.17, 15) is 10.1 Å². The average molecular weight is 356 g/mol. The Morgan fingerprint density at radius 1 is 1.08 bits per heavy atom. The summed E-state index contributed by atoms with van der Waals surface area (Å²) in [6, 6.07) is 19.0. The lowest BCUT2D eigenvalue weighted by molar-refractivity contribution is 0.104. The molecule has 0 spiro atoms. The van der Waals surface area contributed by atoms with Gasteiger partial charge in [0.25, 0.3) is 0 Å². The van der Waals surface area contributed by atoms with Gasteiger partial charge in [0.1, 0.15) is 10.9 Å². The van der Waals surface area contributed by atoms with E-state index in [1.54, 1.807) is 12.1 Å². The number of fused-ring (bicyclic) bond motifs is 3. The van der Waals surface area contributed by atoms with Gasteiger partial charge in [0, 0.05) is 11.1 Å². The molecule has 0 saturated carbocycles. The van der Waals surface area contributed by atoms with E-state index in [4.69, 9.17) is 0 Å². The zero-order valence-corrected chi connectivity index (χ0v) is 14.6. The standard InChI is InChI=1S/C20H12N4OS/c1-12(13-7-3-2-4-8-13)23-24-20-22-18-14-9-5-6-10-15(14)19(25)17(18)16(11-21)26-20/h2-10H,1H3/b23-12+,24-20-. The van der Waals surface area contributed by atoms with Gasteiger partial charge in [0.05, 0.1) is 17.0 Å². The summed E-state index contributed by atoms with van der Waals surface area (Å²) in [5.41, 5.74) is 3.88. The molecule has 3 aromatic rings. The van der Waals surface area contributed by atoms with Crippen LogP contribution in [0.1, 0.15) is 33.3 Å². The molecule has 0 aliphatic heterocycles. The molecule has 26 heavy (non-hydrogen) atoms. The summed E-state index contributed by atoms with van der Waals surface area (Å²) in [7, 11) is 0. The molecule has 124 valence electrons. The van der Waals surface area contributed by atoms with Gasteiger partial charge in [-0.2, -0.15) is 10.4 Å². The van der Waals surface area contributed by atoms with Crippen LogP contribution in [-0.2, 0) is 0 Å². The molecule has 2 aromatic carbocycles. The zero-order chi connectivity index (χ0) is 18.1. The number of nitriles is 1. The van der Waals surface area contributed by atoms with Gasteiger partial charge in [-0.05, 0) is 12.5 Å². The highest BCUT2D eigenvalue weighted by molar-refractivity contribution is 7.09. The molecule has 0 saturated heterocycles. The van der Waals surface area contributed by atoms with Gasteiger partial charge in [-0.25, -0.2) is 4.98 Å². The van der Waals surface area contributed by atoms with Crippen molar-refractivity contribution in [1.82, 2.24) is 4.98 Å². The molecule has 5 nitrogen and oxygen atoms in total. The Balaban J connectivity index is 1.87. The first-order chi connectivity index (χ1) is 12.7. The first-order valence-electron chi connectivity index (χ1n) is 7.92. The largest absolute Gasteiger partial charge is 0.288 e. The third kappa shape index (κ3) is 2.65. The van der Waals surface area contributed by atoms with Crippen molar-refractivity contribution in [1.29, 1.82) is 5.26 Å². The Kier molecular flexibility index (Phi) is 3.99. The first-order valence-corrected chi connectivity index (χ1v) is 8.73. The van der Waals surface area contributed by atoms with Crippen LogP contribution >= 0.6 is 11.3 Å². The summed E-state index contributed by atoms with van der Waals surface area (Å²) >= 11 is 1.07. The second-order valence-electron chi connectivity index (χ2n) is 5.69. The fourth-order valence-electron chi connectivity index (χ4n) is 2.83. The van der Waals surface area contributed by atoms with Crippen LogP contribution in [0.5, 0.6) is 0 Å². The van der Waals surface area contributed by atoms with Crippen molar-refractivity contribution < 1.29 is 4.79 Å². The van der Waals surface area contributed by atoms with Crippen LogP contribution in [0.15, 0.2) is 64.8 Å². The van der Waals surface area contributed by atoms with E-state index in [2.05, 4.69) is 21.3 Å². The molecule has 0 radical (unpaired) electrons. The average Bonchev–Trinajstić information content (AvgIpc) is 2.99. The Morgan fingerprint density at radius 2 is 1.77 bits per heavy atom. The van der Waals surface area contributed by atoms with Crippen molar-refractivity contribution in [3.05, 3.63) is 81.0 Å². The normalized spacial score (nSPS) is 13.3. The van der Waals surface area contributed by atoms with Crippen molar-refractivity contribution in [3.63, 3.8) is 0 Å². The monoisotopic (exact) mass is 356 g/mol. The second kappa shape index (κ2) is 6.47. The smallest absolute Gasteiger partial charge is 0.231 e. The lowest BCUT2D eigenvalue weighted by atomic mass is 10.1. The van der Waals surface area contributed by atoms with E-state index in [0.29, 0.717) is 26.5 Å². The zero-order valence-electron chi connectivity index (χ0n) is 13.8. The lowest BCUT2D eigenvalue weighted by Gasteiger charge is -1.99. The van der Waals surface area contributed by atoms with Crippen molar-refractivity contribution in [2.24, 2.45) is 10.2 Å². The van der Waals surface area contributed by atoms with E-state index in [0.717, 1.165) is 28.2 Å². The van der Waals surface area contributed by atoms with Crippen LogP contribution in [0.2, 0.25) is 0 Å². The number of benzene rings is 2. The van der Waals surface area contributed by atoms with Crippen LogP contribution in [0, 0.1) is 11.3 Å². The van der Waals surface area contributed by atoms with Gasteiger partial charge >= 0.3 is 0 Å². The van der Waals surface area contributed by atoms with Gasteiger partial charge < -0.3 is 0 Å². The minimum Gasteiger partial charge on any atom is -0.288 e. The number of hydrogen-bond acceptors (Lipinski definition) is 6. The van der Waals surface area contributed by atoms with Gasteiger partial charge in [0.15, 0.2) is 5.78 Å². The number of carbonyl (C=O) groups excluding carboxylic acids is 1. The fraction of sp³-hybridized carbons (Fsp3) is 0.0500. The number of carbonyl (C=O) groups is 1. The highest BCUT2D eigenvalue weighted by Crippen LogP contribution is 2.36. The minimum atomic E-state index is -0.161. The summed E-state index contributed by atoms with van der Waals surface area (Å²) in [5, 5.41) is 17.9. The van der Waals surface area contributed by atoms with Crippen LogP contribution < -0.4 is 4.80 Å². The number of nitrogens with zero attached hydrogens (tertiary/aromatic N) is 4. The molecule has 0 unspecified atom stereocenters. The summed E-state index contributed by atoms with van der Waals surface area (Å²) in [6.07, 6.45) is 0. The molecule has 0 bridgehead atoms. The maximum Gasteiger partial charge on any atom is 0.231 e. The van der Waals surface area contributed by atoms with Gasteiger partial charge in [-0.1, -0.05) is 65.9 Å². The van der Waals surface area contributed by atoms with Crippen molar-refractivity contribution >= 4 is 22.8 Å². The molecule has 1 aromatic heterocycles. The van der Waals surface area contributed by atoms with Gasteiger partial charge in [-0.15, -0.1) is 5.10 Å². The molecular weight excluding hydrogens is 344 g/mol. The Labute approximate surface area is 153 Å². The van der Waals surface area contributed by atoms with Crippen LogP contribution in [0.25, 0.3) is 11.3 Å². The molecule has 0 fully saturated rings. The number of rotatable bonds is 2. The van der Waals surface area contributed by atoms with E-state index in [1.165, 1.54) is 0 Å². The van der Waals surface area contributed by atoms with E-state index in [1.807, 2.05) is 49.4 Å². The highest BCUT2D eigenvalue weighted by Gasteiger charge is 2.31. The topological polar surface area (TPSA) is 78.5 Å². The Hall–Kier alpha value is -3.43. The molecule has 0 N–H and O–H groups in total. The molecular formula is C20H12N4OS. The SMILES string of the molecule is C/C(=N\N=c1\nc2c(c(C#N)s1)C(=O)c1ccccc1-2)c1ccccc1.